The number of benzene rings is 1. The highest BCUT2D eigenvalue weighted by atomic mass is 16.6. The lowest BCUT2D eigenvalue weighted by Crippen LogP contribution is -2.56. The number of carbonyl (C=O) groups is 2. The first kappa shape index (κ1) is 23.2. The maximum absolute atomic E-state index is 12.8. The first-order valence-corrected chi connectivity index (χ1v) is 12.1. The molecule has 2 aliphatic rings. The van der Waals surface area contributed by atoms with Crippen molar-refractivity contribution in [2.24, 2.45) is 0 Å². The molecular formula is C27H32N4O4. The fourth-order valence-corrected chi connectivity index (χ4v) is 5.25. The number of fused-ring (bicyclic) bond motifs is 3. The first-order chi connectivity index (χ1) is 16.7. The molecule has 4 heterocycles. The zero-order chi connectivity index (χ0) is 24.7. The number of nitrogens with zero attached hydrogens (tertiary/aromatic N) is 4. The Morgan fingerprint density at radius 2 is 1.71 bits per heavy atom. The molecule has 8 heteroatoms. The number of anilines is 1. The lowest BCUT2D eigenvalue weighted by atomic mass is 10.1. The molecule has 0 spiro atoms. The Morgan fingerprint density at radius 3 is 2.34 bits per heavy atom. The summed E-state index contributed by atoms with van der Waals surface area (Å²) in [5.74, 6) is -0.338. The third kappa shape index (κ3) is 4.57. The zero-order valence-electron chi connectivity index (χ0n) is 20.7. The summed E-state index contributed by atoms with van der Waals surface area (Å²) in [5.41, 5.74) is 3.19. The SMILES string of the molecule is COC(=O)c1ccc(Cn2ccc3c(N4CC5CCC(C4)N5C(=O)OC(C)(C)C)ccnc32)cc1. The van der Waals surface area contributed by atoms with Crippen molar-refractivity contribution in [1.29, 1.82) is 0 Å². The number of hydrogen-bond acceptors (Lipinski definition) is 6. The second-order valence-corrected chi connectivity index (χ2v) is 10.4. The van der Waals surface area contributed by atoms with Crippen LogP contribution in [0.1, 0.15) is 49.5 Å². The predicted molar refractivity (Wildman–Crippen MR) is 134 cm³/mol. The van der Waals surface area contributed by atoms with Gasteiger partial charge in [-0.3, -0.25) is 4.90 Å². The van der Waals surface area contributed by atoms with Crippen LogP contribution in [0.4, 0.5) is 10.5 Å². The van der Waals surface area contributed by atoms with E-state index in [1.807, 2.05) is 44.0 Å². The first-order valence-electron chi connectivity index (χ1n) is 12.1. The molecule has 3 aromatic rings. The van der Waals surface area contributed by atoms with Crippen LogP contribution in [0.2, 0.25) is 0 Å². The largest absolute Gasteiger partial charge is 0.465 e. The van der Waals surface area contributed by atoms with E-state index in [9.17, 15) is 9.59 Å². The van der Waals surface area contributed by atoms with Crippen LogP contribution in [0.5, 0.6) is 0 Å². The topological polar surface area (TPSA) is 76.9 Å². The average molecular weight is 477 g/mol. The van der Waals surface area contributed by atoms with E-state index in [0.717, 1.165) is 48.2 Å². The van der Waals surface area contributed by atoms with Crippen molar-refractivity contribution in [2.75, 3.05) is 25.1 Å². The van der Waals surface area contributed by atoms with Gasteiger partial charge in [-0.1, -0.05) is 12.1 Å². The van der Waals surface area contributed by atoms with Gasteiger partial charge in [0.25, 0.3) is 0 Å². The number of methoxy groups -OCH3 is 1. The summed E-state index contributed by atoms with van der Waals surface area (Å²) in [6.45, 7) is 7.96. The van der Waals surface area contributed by atoms with Crippen LogP contribution in [0.25, 0.3) is 11.0 Å². The molecule has 0 radical (unpaired) electrons. The molecule has 35 heavy (non-hydrogen) atoms. The molecule has 2 bridgehead atoms. The molecule has 0 aliphatic carbocycles. The van der Waals surface area contributed by atoms with Crippen LogP contribution >= 0.6 is 0 Å². The molecule has 5 rings (SSSR count). The highest BCUT2D eigenvalue weighted by molar-refractivity contribution is 5.91. The van der Waals surface area contributed by atoms with Crippen LogP contribution in [0, 0.1) is 0 Å². The van der Waals surface area contributed by atoms with Crippen molar-refractivity contribution >= 4 is 28.8 Å². The van der Waals surface area contributed by atoms with Gasteiger partial charge in [-0.25, -0.2) is 14.6 Å². The van der Waals surface area contributed by atoms with Crippen LogP contribution < -0.4 is 4.90 Å². The Kier molecular flexibility index (Phi) is 5.91. The second kappa shape index (κ2) is 8.91. The van der Waals surface area contributed by atoms with E-state index >= 15 is 0 Å². The number of aromatic nitrogens is 2. The smallest absolute Gasteiger partial charge is 0.410 e. The minimum Gasteiger partial charge on any atom is -0.465 e. The summed E-state index contributed by atoms with van der Waals surface area (Å²) in [7, 11) is 1.38. The Bertz CT molecular complexity index is 1230. The number of carbonyl (C=O) groups excluding carboxylic acids is 2. The molecule has 8 nitrogen and oxygen atoms in total. The van der Waals surface area contributed by atoms with Gasteiger partial charge in [0, 0.05) is 43.1 Å². The zero-order valence-corrected chi connectivity index (χ0v) is 20.7. The quantitative estimate of drug-likeness (QED) is 0.518. The number of esters is 1. The molecule has 0 N–H and O–H groups in total. The minimum atomic E-state index is -0.493. The number of rotatable bonds is 4. The Labute approximate surface area is 205 Å². The summed E-state index contributed by atoms with van der Waals surface area (Å²) in [6, 6.07) is 11.9. The fourth-order valence-electron chi connectivity index (χ4n) is 5.25. The van der Waals surface area contributed by atoms with Gasteiger partial charge < -0.3 is 18.9 Å². The maximum Gasteiger partial charge on any atom is 0.410 e. The van der Waals surface area contributed by atoms with Gasteiger partial charge in [0.15, 0.2) is 0 Å². The molecule has 2 atom stereocenters. The van der Waals surface area contributed by atoms with Gasteiger partial charge >= 0.3 is 12.1 Å². The molecule has 1 aromatic carbocycles. The molecule has 2 unspecified atom stereocenters. The third-order valence-corrected chi connectivity index (χ3v) is 6.79. The fraction of sp³-hybridized carbons (Fsp3) is 0.444. The van der Waals surface area contributed by atoms with E-state index in [-0.39, 0.29) is 24.1 Å². The lowest BCUT2D eigenvalue weighted by Gasteiger charge is -2.42. The molecule has 184 valence electrons. The minimum absolute atomic E-state index is 0.155. The van der Waals surface area contributed by atoms with E-state index in [2.05, 4.69) is 32.8 Å². The maximum atomic E-state index is 12.8. The van der Waals surface area contributed by atoms with E-state index in [1.54, 1.807) is 12.1 Å². The number of ether oxygens (including phenoxy) is 2. The Hall–Kier alpha value is -3.55. The summed E-state index contributed by atoms with van der Waals surface area (Å²) in [5, 5.41) is 1.10. The number of pyridine rings is 1. The van der Waals surface area contributed by atoms with Gasteiger partial charge in [0.05, 0.1) is 24.8 Å². The van der Waals surface area contributed by atoms with E-state index in [1.165, 1.54) is 7.11 Å². The summed E-state index contributed by atoms with van der Waals surface area (Å²) >= 11 is 0. The van der Waals surface area contributed by atoms with Gasteiger partial charge in [-0.15, -0.1) is 0 Å². The lowest BCUT2D eigenvalue weighted by molar-refractivity contribution is 0.0123. The standard InChI is InChI=1S/C27H32N4O4/c1-27(2,3)35-26(33)31-20-9-10-21(31)17-30(16-20)23-11-13-28-24-22(23)12-14-29(24)15-18-5-7-19(8-6-18)25(32)34-4/h5-8,11-14,20-21H,9-10,15-17H2,1-4H3. The van der Waals surface area contributed by atoms with E-state index < -0.39 is 5.60 Å². The third-order valence-electron chi connectivity index (χ3n) is 6.79. The van der Waals surface area contributed by atoms with Crippen LogP contribution in [-0.4, -0.2) is 64.4 Å². The average Bonchev–Trinajstić information content (AvgIpc) is 3.35. The van der Waals surface area contributed by atoms with Crippen molar-refractivity contribution in [1.82, 2.24) is 14.5 Å². The van der Waals surface area contributed by atoms with Crippen molar-refractivity contribution < 1.29 is 19.1 Å². The van der Waals surface area contributed by atoms with Crippen LogP contribution in [0.3, 0.4) is 0 Å². The highest BCUT2D eigenvalue weighted by Crippen LogP contribution is 2.36. The number of amides is 1. The number of piperazine rings is 1. The monoisotopic (exact) mass is 476 g/mol. The molecule has 0 saturated carbocycles. The molecule has 2 aromatic heterocycles. The van der Waals surface area contributed by atoms with Crippen LogP contribution in [0.15, 0.2) is 48.8 Å². The van der Waals surface area contributed by atoms with Crippen molar-refractivity contribution in [3.05, 3.63) is 59.9 Å². The molecule has 2 aliphatic heterocycles. The van der Waals surface area contributed by atoms with Crippen LogP contribution in [-0.2, 0) is 16.0 Å². The molecule has 2 fully saturated rings. The van der Waals surface area contributed by atoms with E-state index in [4.69, 9.17) is 9.47 Å². The summed E-state index contributed by atoms with van der Waals surface area (Å²) < 4.78 is 12.6. The predicted octanol–water partition coefficient (Wildman–Crippen LogP) is 4.46. The summed E-state index contributed by atoms with van der Waals surface area (Å²) in [6.07, 6.45) is 5.71. The van der Waals surface area contributed by atoms with Crippen molar-refractivity contribution in [2.45, 2.75) is 57.8 Å². The normalized spacial score (nSPS) is 19.8. The Balaban J connectivity index is 1.35. The molecular weight excluding hydrogens is 444 g/mol. The Morgan fingerprint density at radius 1 is 1.03 bits per heavy atom. The summed E-state index contributed by atoms with van der Waals surface area (Å²) in [4.78, 5) is 33.6. The van der Waals surface area contributed by atoms with Gasteiger partial charge in [0.2, 0.25) is 0 Å². The van der Waals surface area contributed by atoms with Gasteiger partial charge in [-0.05, 0) is 63.4 Å². The molecule has 2 saturated heterocycles. The highest BCUT2D eigenvalue weighted by Gasteiger charge is 2.44. The van der Waals surface area contributed by atoms with Gasteiger partial charge in [-0.2, -0.15) is 0 Å². The van der Waals surface area contributed by atoms with Crippen molar-refractivity contribution in [3.63, 3.8) is 0 Å². The van der Waals surface area contributed by atoms with Crippen molar-refractivity contribution in [3.8, 4) is 0 Å². The number of hydrogen-bond donors (Lipinski definition) is 0. The van der Waals surface area contributed by atoms with Gasteiger partial charge in [0.1, 0.15) is 11.2 Å². The van der Waals surface area contributed by atoms with E-state index in [0.29, 0.717) is 12.1 Å². The molecule has 1 amide bonds. The second-order valence-electron chi connectivity index (χ2n) is 10.4.